The molecule has 0 spiro atoms. The topological polar surface area (TPSA) is 58.6 Å². The summed E-state index contributed by atoms with van der Waals surface area (Å²) in [6.07, 6.45) is 3.35. The van der Waals surface area contributed by atoms with Crippen LogP contribution in [0.5, 0.6) is 0 Å². The Bertz CT molecular complexity index is 268. The highest BCUT2D eigenvalue weighted by atomic mass is 16.5. The molecule has 1 aliphatic heterocycles. The third-order valence-electron chi connectivity index (χ3n) is 2.88. The van der Waals surface area contributed by atoms with Crippen LogP contribution in [0.15, 0.2) is 0 Å². The molecule has 0 aromatic carbocycles. The Morgan fingerprint density at radius 2 is 2.24 bits per heavy atom. The van der Waals surface area contributed by atoms with Gasteiger partial charge in [0, 0.05) is 32.7 Å². The van der Waals surface area contributed by atoms with Gasteiger partial charge in [-0.1, -0.05) is 6.92 Å². The molecule has 0 aliphatic carbocycles. The number of hydrogen-bond donors (Lipinski definition) is 1. The fourth-order valence-electron chi connectivity index (χ4n) is 2.09. The van der Waals surface area contributed by atoms with Crippen molar-refractivity contribution >= 4 is 11.8 Å². The smallest absolute Gasteiger partial charge is 0.246 e. The minimum atomic E-state index is -0.109. The number of ether oxygens (including phenoxy) is 1. The van der Waals surface area contributed by atoms with Gasteiger partial charge in [0.15, 0.2) is 0 Å². The maximum atomic E-state index is 11.7. The van der Waals surface area contributed by atoms with Crippen molar-refractivity contribution in [3.05, 3.63) is 0 Å². The van der Waals surface area contributed by atoms with Crippen LogP contribution in [-0.4, -0.2) is 49.6 Å². The summed E-state index contributed by atoms with van der Waals surface area (Å²) in [5, 5.41) is 2.89. The molecule has 1 rings (SSSR count). The number of amides is 2. The lowest BCUT2D eigenvalue weighted by molar-refractivity contribution is -0.134. The van der Waals surface area contributed by atoms with E-state index < -0.39 is 0 Å². The minimum absolute atomic E-state index is 0.0761. The monoisotopic (exact) mass is 242 g/mol. The number of hydrogen-bond acceptors (Lipinski definition) is 3. The van der Waals surface area contributed by atoms with E-state index in [2.05, 4.69) is 5.32 Å². The molecule has 0 aromatic heterocycles. The van der Waals surface area contributed by atoms with E-state index in [4.69, 9.17) is 4.74 Å². The Balaban J connectivity index is 2.38. The third kappa shape index (κ3) is 4.73. The van der Waals surface area contributed by atoms with Gasteiger partial charge in [0.25, 0.3) is 0 Å². The molecule has 5 nitrogen and oxygen atoms in total. The Morgan fingerprint density at radius 1 is 1.47 bits per heavy atom. The summed E-state index contributed by atoms with van der Waals surface area (Å²) in [6.45, 7) is 3.53. The highest BCUT2D eigenvalue weighted by Gasteiger charge is 2.23. The van der Waals surface area contributed by atoms with Crippen LogP contribution in [0, 0.1) is 0 Å². The van der Waals surface area contributed by atoms with Crippen molar-refractivity contribution in [1.82, 2.24) is 10.2 Å². The van der Waals surface area contributed by atoms with Gasteiger partial charge in [-0.3, -0.25) is 9.59 Å². The van der Waals surface area contributed by atoms with Crippen molar-refractivity contribution in [3.63, 3.8) is 0 Å². The first kappa shape index (κ1) is 14.0. The van der Waals surface area contributed by atoms with E-state index >= 15 is 0 Å². The van der Waals surface area contributed by atoms with Crippen LogP contribution in [0.4, 0.5) is 0 Å². The number of carbonyl (C=O) groups excluding carboxylic acids is 2. The van der Waals surface area contributed by atoms with Gasteiger partial charge >= 0.3 is 0 Å². The number of likely N-dealkylation sites (tertiary alicyclic amines) is 1. The number of rotatable bonds is 5. The zero-order valence-electron chi connectivity index (χ0n) is 10.7. The SMILES string of the molecule is CCCC(=O)N1CCCC(NC(=O)COC)C1. The zero-order valence-corrected chi connectivity index (χ0v) is 10.7. The summed E-state index contributed by atoms with van der Waals surface area (Å²) >= 11 is 0. The number of methoxy groups -OCH3 is 1. The van der Waals surface area contributed by atoms with Crippen LogP contribution in [0.25, 0.3) is 0 Å². The van der Waals surface area contributed by atoms with Gasteiger partial charge in [0.2, 0.25) is 11.8 Å². The van der Waals surface area contributed by atoms with Gasteiger partial charge in [0.1, 0.15) is 6.61 Å². The molecule has 98 valence electrons. The highest BCUT2D eigenvalue weighted by molar-refractivity contribution is 5.78. The van der Waals surface area contributed by atoms with Crippen molar-refractivity contribution in [2.24, 2.45) is 0 Å². The lowest BCUT2D eigenvalue weighted by Gasteiger charge is -2.33. The zero-order chi connectivity index (χ0) is 12.7. The average molecular weight is 242 g/mol. The molecule has 0 bridgehead atoms. The Hall–Kier alpha value is -1.10. The average Bonchev–Trinajstić information content (AvgIpc) is 2.30. The number of nitrogens with one attached hydrogen (secondary N) is 1. The second kappa shape index (κ2) is 7.27. The number of piperidine rings is 1. The predicted octanol–water partition coefficient (Wildman–Crippen LogP) is 0.540. The molecule has 1 unspecified atom stereocenters. The van der Waals surface area contributed by atoms with Crippen LogP contribution in [0.1, 0.15) is 32.6 Å². The Labute approximate surface area is 102 Å². The fourth-order valence-corrected chi connectivity index (χ4v) is 2.09. The maximum absolute atomic E-state index is 11.7. The van der Waals surface area contributed by atoms with Crippen LogP contribution in [0.3, 0.4) is 0 Å². The second-order valence-electron chi connectivity index (χ2n) is 4.43. The van der Waals surface area contributed by atoms with Gasteiger partial charge in [-0.15, -0.1) is 0 Å². The lowest BCUT2D eigenvalue weighted by Crippen LogP contribution is -2.50. The molecule has 1 aliphatic rings. The fraction of sp³-hybridized carbons (Fsp3) is 0.833. The van der Waals surface area contributed by atoms with Crippen molar-refractivity contribution in [1.29, 1.82) is 0 Å². The molecular formula is C12H22N2O3. The normalized spacial score (nSPS) is 20.1. The molecule has 0 saturated carbocycles. The van der Waals surface area contributed by atoms with Gasteiger partial charge in [0.05, 0.1) is 0 Å². The maximum Gasteiger partial charge on any atom is 0.246 e. The summed E-state index contributed by atoms with van der Waals surface area (Å²) in [6, 6.07) is 0.0761. The highest BCUT2D eigenvalue weighted by Crippen LogP contribution is 2.11. The molecule has 0 aromatic rings. The quantitative estimate of drug-likeness (QED) is 0.765. The van der Waals surface area contributed by atoms with Crippen molar-refractivity contribution in [2.75, 3.05) is 26.8 Å². The Kier molecular flexibility index (Phi) is 5.97. The first-order chi connectivity index (χ1) is 8.17. The lowest BCUT2D eigenvalue weighted by atomic mass is 10.1. The summed E-state index contributed by atoms with van der Waals surface area (Å²) in [5.74, 6) is 0.0838. The van der Waals surface area contributed by atoms with E-state index in [9.17, 15) is 9.59 Å². The first-order valence-electron chi connectivity index (χ1n) is 6.23. The molecule has 0 radical (unpaired) electrons. The van der Waals surface area contributed by atoms with Crippen molar-refractivity contribution < 1.29 is 14.3 Å². The number of nitrogens with zero attached hydrogens (tertiary/aromatic N) is 1. The largest absolute Gasteiger partial charge is 0.375 e. The summed E-state index contributed by atoms with van der Waals surface area (Å²) < 4.78 is 4.77. The summed E-state index contributed by atoms with van der Waals surface area (Å²) in [4.78, 5) is 25.0. The minimum Gasteiger partial charge on any atom is -0.375 e. The van der Waals surface area contributed by atoms with Crippen LogP contribution in [-0.2, 0) is 14.3 Å². The second-order valence-corrected chi connectivity index (χ2v) is 4.43. The molecule has 1 atom stereocenters. The first-order valence-corrected chi connectivity index (χ1v) is 6.23. The molecule has 1 saturated heterocycles. The van der Waals surface area contributed by atoms with E-state index in [1.54, 1.807) is 0 Å². The molecule has 1 heterocycles. The van der Waals surface area contributed by atoms with Crippen LogP contribution < -0.4 is 5.32 Å². The third-order valence-corrected chi connectivity index (χ3v) is 2.88. The predicted molar refractivity (Wildman–Crippen MR) is 64.5 cm³/mol. The van der Waals surface area contributed by atoms with Crippen LogP contribution in [0.2, 0.25) is 0 Å². The molecule has 17 heavy (non-hydrogen) atoms. The van der Waals surface area contributed by atoms with Crippen molar-refractivity contribution in [3.8, 4) is 0 Å². The van der Waals surface area contributed by atoms with E-state index in [1.807, 2.05) is 11.8 Å². The molecule has 2 amide bonds. The summed E-state index contributed by atoms with van der Waals surface area (Å²) in [7, 11) is 1.50. The summed E-state index contributed by atoms with van der Waals surface area (Å²) in [5.41, 5.74) is 0. The van der Waals surface area contributed by atoms with Crippen molar-refractivity contribution in [2.45, 2.75) is 38.6 Å². The van der Waals surface area contributed by atoms with E-state index in [0.717, 1.165) is 25.8 Å². The van der Waals surface area contributed by atoms with E-state index in [1.165, 1.54) is 7.11 Å². The number of carbonyl (C=O) groups is 2. The standard InChI is InChI=1S/C12H22N2O3/c1-3-5-12(16)14-7-4-6-10(8-14)13-11(15)9-17-2/h10H,3-9H2,1-2H3,(H,13,15). The Morgan fingerprint density at radius 3 is 2.88 bits per heavy atom. The van der Waals surface area contributed by atoms with Gasteiger partial charge in [-0.2, -0.15) is 0 Å². The van der Waals surface area contributed by atoms with Gasteiger partial charge < -0.3 is 15.0 Å². The van der Waals surface area contributed by atoms with E-state index in [0.29, 0.717) is 13.0 Å². The van der Waals surface area contributed by atoms with Crippen LogP contribution >= 0.6 is 0 Å². The van der Waals surface area contributed by atoms with Gasteiger partial charge in [-0.25, -0.2) is 0 Å². The molecule has 1 fully saturated rings. The molecular weight excluding hydrogens is 220 g/mol. The van der Waals surface area contributed by atoms with Gasteiger partial charge in [-0.05, 0) is 19.3 Å². The van der Waals surface area contributed by atoms with E-state index in [-0.39, 0.29) is 24.5 Å². The molecule has 1 N–H and O–H groups in total. The molecule has 5 heteroatoms.